The second-order valence-corrected chi connectivity index (χ2v) is 8.39. The fraction of sp³-hybridized carbons (Fsp3) is 0.240. The Bertz CT molecular complexity index is 1380. The minimum atomic E-state index is -4.89. The number of aryl methyl sites for hydroxylation is 2. The Hall–Kier alpha value is -4.35. The third-order valence-electron chi connectivity index (χ3n) is 5.59. The van der Waals surface area contributed by atoms with Gasteiger partial charge in [-0.3, -0.25) is 9.59 Å². The van der Waals surface area contributed by atoms with Gasteiger partial charge in [-0.1, -0.05) is 35.9 Å². The largest absolute Gasteiger partial charge is 0.505 e. The van der Waals surface area contributed by atoms with Crippen molar-refractivity contribution in [3.8, 4) is 5.75 Å². The monoisotopic (exact) mass is 521 g/mol. The summed E-state index contributed by atoms with van der Waals surface area (Å²) in [5, 5.41) is 24.2. The van der Waals surface area contributed by atoms with E-state index in [1.165, 1.54) is 6.92 Å². The number of carbonyl (C=O) groups excluding carboxylic acids is 1. The van der Waals surface area contributed by atoms with Crippen LogP contribution >= 0.6 is 0 Å². The lowest BCUT2D eigenvalue weighted by atomic mass is 10.0. The summed E-state index contributed by atoms with van der Waals surface area (Å²) in [5.41, 5.74) is -2.45. The molecule has 0 unspecified atom stereocenters. The van der Waals surface area contributed by atoms with Crippen molar-refractivity contribution in [1.29, 1.82) is 0 Å². The average Bonchev–Trinajstić information content (AvgIpc) is 2.80. The van der Waals surface area contributed by atoms with Gasteiger partial charge in [-0.15, -0.1) is 0 Å². The van der Waals surface area contributed by atoms with E-state index in [0.29, 0.717) is 11.6 Å². The number of rotatable bonds is 7. The molecule has 0 aliphatic carbocycles. The van der Waals surface area contributed by atoms with Gasteiger partial charge in [0.15, 0.2) is 5.69 Å². The molecule has 3 rings (SSSR count). The van der Waals surface area contributed by atoms with Crippen molar-refractivity contribution in [1.82, 2.24) is 9.88 Å². The van der Waals surface area contributed by atoms with Crippen LogP contribution in [0.15, 0.2) is 53.5 Å². The maximum Gasteiger partial charge on any atom is 0.416 e. The number of carboxylic acid groups (broad SMARTS) is 1. The van der Waals surface area contributed by atoms with Gasteiger partial charge in [-0.05, 0) is 31.5 Å². The minimum absolute atomic E-state index is 0.0143. The van der Waals surface area contributed by atoms with Crippen molar-refractivity contribution in [3.63, 3.8) is 0 Å². The fourth-order valence-corrected chi connectivity index (χ4v) is 3.71. The van der Waals surface area contributed by atoms with Crippen LogP contribution in [0.1, 0.15) is 40.3 Å². The van der Waals surface area contributed by atoms with Crippen LogP contribution in [-0.2, 0) is 17.5 Å². The third kappa shape index (κ3) is 6.46. The van der Waals surface area contributed by atoms with Gasteiger partial charge in [0.25, 0.3) is 5.56 Å². The number of benzene rings is 2. The molecule has 0 saturated heterocycles. The number of aliphatic carboxylic acids is 1. The number of aromatic nitrogens is 1. The van der Waals surface area contributed by atoms with Gasteiger partial charge in [0.1, 0.15) is 11.6 Å². The molecular formula is C25H23F4N3O5. The molecule has 0 aliphatic rings. The number of carboxylic acids is 1. The molecule has 0 fully saturated rings. The minimum Gasteiger partial charge on any atom is -0.505 e. The Kier molecular flexibility index (Phi) is 7.90. The SMILES string of the molecule is Cc1ccc([C@H](CC(=O)O)NC(=O)Nc2c(O)c(C)cn(Cc3c(F)cccc3C(F)(F)F)c2=O)cc1. The highest BCUT2D eigenvalue weighted by Gasteiger charge is 2.34. The molecule has 37 heavy (non-hydrogen) atoms. The number of hydrogen-bond acceptors (Lipinski definition) is 4. The highest BCUT2D eigenvalue weighted by Crippen LogP contribution is 2.33. The molecule has 0 aliphatic heterocycles. The first-order valence-corrected chi connectivity index (χ1v) is 10.9. The van der Waals surface area contributed by atoms with Crippen LogP contribution in [0.4, 0.5) is 28.0 Å². The second kappa shape index (κ2) is 10.7. The summed E-state index contributed by atoms with van der Waals surface area (Å²) >= 11 is 0. The number of anilines is 1. The van der Waals surface area contributed by atoms with Crippen LogP contribution in [0.2, 0.25) is 0 Å². The van der Waals surface area contributed by atoms with Gasteiger partial charge < -0.3 is 25.4 Å². The molecular weight excluding hydrogens is 498 g/mol. The first-order chi connectivity index (χ1) is 17.3. The number of urea groups is 1. The van der Waals surface area contributed by atoms with Crippen molar-refractivity contribution in [2.45, 2.75) is 39.0 Å². The van der Waals surface area contributed by atoms with Crippen molar-refractivity contribution in [3.05, 3.63) is 92.6 Å². The summed E-state index contributed by atoms with van der Waals surface area (Å²) in [5.74, 6) is -3.04. The number of halogens is 4. The molecule has 2 amide bonds. The van der Waals surface area contributed by atoms with Crippen LogP contribution in [0, 0.1) is 19.7 Å². The quantitative estimate of drug-likeness (QED) is 0.336. The predicted octanol–water partition coefficient (Wildman–Crippen LogP) is 4.71. The third-order valence-corrected chi connectivity index (χ3v) is 5.59. The van der Waals surface area contributed by atoms with Gasteiger partial charge in [0, 0.05) is 17.3 Å². The zero-order valence-corrected chi connectivity index (χ0v) is 19.7. The Balaban J connectivity index is 1.93. The number of aromatic hydroxyl groups is 1. The molecule has 1 atom stereocenters. The molecule has 1 heterocycles. The summed E-state index contributed by atoms with van der Waals surface area (Å²) in [6, 6.07) is 7.02. The number of amides is 2. The highest BCUT2D eigenvalue weighted by atomic mass is 19.4. The lowest BCUT2D eigenvalue weighted by Crippen LogP contribution is -2.36. The standard InChI is InChI=1S/C25H23F4N3O5/c1-13-6-8-15(9-7-13)19(10-20(33)34)30-24(37)31-21-22(35)14(2)11-32(23(21)36)12-16-17(25(27,28)29)4-3-5-18(16)26/h3-9,11,19,35H,10,12H2,1-2H3,(H,33,34)(H2,30,31,37)/t19-/m0/s1. The number of nitrogens with one attached hydrogen (secondary N) is 2. The Morgan fingerprint density at radius 3 is 2.32 bits per heavy atom. The van der Waals surface area contributed by atoms with E-state index in [1.807, 2.05) is 6.92 Å². The smallest absolute Gasteiger partial charge is 0.416 e. The van der Waals surface area contributed by atoms with Gasteiger partial charge in [-0.2, -0.15) is 13.2 Å². The summed E-state index contributed by atoms with van der Waals surface area (Å²) in [4.78, 5) is 37.0. The second-order valence-electron chi connectivity index (χ2n) is 8.39. The zero-order chi connectivity index (χ0) is 27.5. The van der Waals surface area contributed by atoms with E-state index in [9.17, 15) is 42.2 Å². The van der Waals surface area contributed by atoms with Crippen molar-refractivity contribution >= 4 is 17.7 Å². The number of nitrogens with zero attached hydrogens (tertiary/aromatic N) is 1. The maximum atomic E-state index is 14.3. The van der Waals surface area contributed by atoms with Gasteiger partial charge in [0.2, 0.25) is 0 Å². The van der Waals surface area contributed by atoms with E-state index in [0.717, 1.165) is 28.5 Å². The number of carbonyl (C=O) groups is 2. The van der Waals surface area contributed by atoms with Gasteiger partial charge >= 0.3 is 18.2 Å². The number of alkyl halides is 3. The summed E-state index contributed by atoms with van der Waals surface area (Å²) in [6.45, 7) is 2.32. The van der Waals surface area contributed by atoms with Gasteiger partial charge in [-0.25, -0.2) is 9.18 Å². The van der Waals surface area contributed by atoms with E-state index < -0.39 is 71.1 Å². The first-order valence-electron chi connectivity index (χ1n) is 10.9. The van der Waals surface area contributed by atoms with Gasteiger partial charge in [0.05, 0.1) is 24.6 Å². The first kappa shape index (κ1) is 27.2. The molecule has 3 aromatic rings. The van der Waals surface area contributed by atoms with E-state index in [-0.39, 0.29) is 5.56 Å². The van der Waals surface area contributed by atoms with Crippen LogP contribution in [0.5, 0.6) is 5.75 Å². The Labute approximate surface area is 208 Å². The number of hydrogen-bond donors (Lipinski definition) is 4. The molecule has 0 spiro atoms. The lowest BCUT2D eigenvalue weighted by molar-refractivity contribution is -0.139. The van der Waals surface area contributed by atoms with Crippen LogP contribution in [0.3, 0.4) is 0 Å². The fourth-order valence-electron chi connectivity index (χ4n) is 3.71. The predicted molar refractivity (Wildman–Crippen MR) is 126 cm³/mol. The van der Waals surface area contributed by atoms with Crippen LogP contribution < -0.4 is 16.2 Å². The lowest BCUT2D eigenvalue weighted by Gasteiger charge is -2.19. The molecule has 0 saturated carbocycles. The molecule has 2 aromatic carbocycles. The van der Waals surface area contributed by atoms with E-state index in [1.54, 1.807) is 24.3 Å². The molecule has 1 aromatic heterocycles. The highest BCUT2D eigenvalue weighted by molar-refractivity contribution is 5.91. The normalized spacial score (nSPS) is 12.2. The Morgan fingerprint density at radius 1 is 1.08 bits per heavy atom. The van der Waals surface area contributed by atoms with Crippen LogP contribution in [0.25, 0.3) is 0 Å². The zero-order valence-electron chi connectivity index (χ0n) is 19.7. The van der Waals surface area contributed by atoms with Crippen molar-refractivity contribution < 1.29 is 37.4 Å². The van der Waals surface area contributed by atoms with E-state index in [2.05, 4.69) is 10.6 Å². The van der Waals surface area contributed by atoms with E-state index in [4.69, 9.17) is 0 Å². The number of pyridine rings is 1. The topological polar surface area (TPSA) is 121 Å². The molecule has 0 bridgehead atoms. The average molecular weight is 521 g/mol. The maximum absolute atomic E-state index is 14.3. The van der Waals surface area contributed by atoms with Crippen molar-refractivity contribution in [2.75, 3.05) is 5.32 Å². The van der Waals surface area contributed by atoms with Crippen LogP contribution in [-0.4, -0.2) is 26.8 Å². The molecule has 196 valence electrons. The molecule has 4 N–H and O–H groups in total. The molecule has 12 heteroatoms. The molecule has 0 radical (unpaired) electrons. The van der Waals surface area contributed by atoms with Crippen molar-refractivity contribution in [2.24, 2.45) is 0 Å². The molecule has 8 nitrogen and oxygen atoms in total. The van der Waals surface area contributed by atoms with E-state index >= 15 is 0 Å². The summed E-state index contributed by atoms with van der Waals surface area (Å²) < 4.78 is 55.3. The summed E-state index contributed by atoms with van der Waals surface area (Å²) in [6.07, 6.45) is -4.34. The Morgan fingerprint density at radius 2 is 1.73 bits per heavy atom. The summed E-state index contributed by atoms with van der Waals surface area (Å²) in [7, 11) is 0.